The summed E-state index contributed by atoms with van der Waals surface area (Å²) in [5.41, 5.74) is 5.56. The highest BCUT2D eigenvalue weighted by Crippen LogP contribution is 1.92. The third-order valence-corrected chi connectivity index (χ3v) is 1.49. The fourth-order valence-corrected chi connectivity index (χ4v) is 0.821. The summed E-state index contributed by atoms with van der Waals surface area (Å²) < 4.78 is 0. The van der Waals surface area contributed by atoms with Gasteiger partial charge in [0.25, 0.3) is 0 Å². The molecular formula is C8H18N2O. The summed E-state index contributed by atoms with van der Waals surface area (Å²) in [6.45, 7) is 4.77. The molecule has 0 rings (SSSR count). The monoisotopic (exact) mass is 158 g/mol. The van der Waals surface area contributed by atoms with Crippen molar-refractivity contribution < 1.29 is 4.79 Å². The fraction of sp³-hybridized carbons (Fsp3) is 0.875. The Balaban J connectivity index is 3.47. The van der Waals surface area contributed by atoms with Crippen molar-refractivity contribution in [3.05, 3.63) is 0 Å². The quantitative estimate of drug-likeness (QED) is 0.617. The van der Waals surface area contributed by atoms with E-state index in [0.29, 0.717) is 0 Å². The highest BCUT2D eigenvalue weighted by Gasteiger charge is 2.09. The highest BCUT2D eigenvalue weighted by molar-refractivity contribution is 5.81. The van der Waals surface area contributed by atoms with Crippen molar-refractivity contribution in [2.45, 2.75) is 39.2 Å². The number of rotatable bonds is 5. The van der Waals surface area contributed by atoms with Crippen LogP contribution in [-0.4, -0.2) is 18.5 Å². The highest BCUT2D eigenvalue weighted by atomic mass is 16.2. The molecule has 0 aliphatic carbocycles. The van der Waals surface area contributed by atoms with E-state index < -0.39 is 0 Å². The second-order valence-corrected chi connectivity index (χ2v) is 2.69. The topological polar surface area (TPSA) is 55.1 Å². The first-order valence-electron chi connectivity index (χ1n) is 4.25. The lowest BCUT2D eigenvalue weighted by Gasteiger charge is -2.09. The predicted molar refractivity (Wildman–Crippen MR) is 46.2 cm³/mol. The van der Waals surface area contributed by atoms with Crippen molar-refractivity contribution in [1.82, 2.24) is 5.32 Å². The van der Waals surface area contributed by atoms with Crippen molar-refractivity contribution in [3.63, 3.8) is 0 Å². The number of hydrogen-bond donors (Lipinski definition) is 2. The molecule has 0 radical (unpaired) electrons. The van der Waals surface area contributed by atoms with Crippen LogP contribution in [0.15, 0.2) is 0 Å². The first-order valence-corrected chi connectivity index (χ1v) is 4.25. The molecule has 0 saturated heterocycles. The van der Waals surface area contributed by atoms with Gasteiger partial charge in [0, 0.05) is 6.54 Å². The maximum Gasteiger partial charge on any atom is 0.236 e. The van der Waals surface area contributed by atoms with Crippen LogP contribution >= 0.6 is 0 Å². The van der Waals surface area contributed by atoms with Gasteiger partial charge in [-0.15, -0.1) is 0 Å². The molecule has 66 valence electrons. The van der Waals surface area contributed by atoms with E-state index in [-0.39, 0.29) is 11.9 Å². The van der Waals surface area contributed by atoms with Crippen LogP contribution in [0.2, 0.25) is 0 Å². The molecule has 0 aromatic rings. The second-order valence-electron chi connectivity index (χ2n) is 2.69. The lowest BCUT2D eigenvalue weighted by molar-refractivity contribution is -0.122. The van der Waals surface area contributed by atoms with Crippen molar-refractivity contribution in [2.75, 3.05) is 6.54 Å². The number of nitrogens with two attached hydrogens (primary N) is 1. The molecule has 0 aromatic heterocycles. The zero-order chi connectivity index (χ0) is 8.69. The Bertz CT molecular complexity index is 115. The molecule has 11 heavy (non-hydrogen) atoms. The van der Waals surface area contributed by atoms with Crippen LogP contribution in [0.25, 0.3) is 0 Å². The van der Waals surface area contributed by atoms with Gasteiger partial charge in [0.05, 0.1) is 6.04 Å². The first-order chi connectivity index (χ1) is 5.22. The zero-order valence-corrected chi connectivity index (χ0v) is 7.39. The molecule has 0 aliphatic rings. The average Bonchev–Trinajstić information content (AvgIpc) is 2.00. The lowest BCUT2D eigenvalue weighted by Crippen LogP contribution is -2.40. The Hall–Kier alpha value is -0.570. The van der Waals surface area contributed by atoms with Crippen LogP contribution in [0.1, 0.15) is 33.1 Å². The van der Waals surface area contributed by atoms with Crippen LogP contribution in [0.4, 0.5) is 0 Å². The van der Waals surface area contributed by atoms with Crippen LogP contribution in [0.5, 0.6) is 0 Å². The lowest BCUT2D eigenvalue weighted by atomic mass is 10.2. The first kappa shape index (κ1) is 10.4. The Morgan fingerprint density at radius 2 is 2.09 bits per heavy atom. The summed E-state index contributed by atoms with van der Waals surface area (Å²) in [6.07, 6.45) is 2.70. The summed E-state index contributed by atoms with van der Waals surface area (Å²) in [5, 5.41) is 2.75. The van der Waals surface area contributed by atoms with Gasteiger partial charge in [-0.1, -0.05) is 20.3 Å². The molecule has 3 N–H and O–H groups in total. The van der Waals surface area contributed by atoms with E-state index in [1.807, 2.05) is 13.8 Å². The third-order valence-electron chi connectivity index (χ3n) is 1.49. The Kier molecular flexibility index (Phi) is 5.84. The van der Waals surface area contributed by atoms with Gasteiger partial charge in [0.15, 0.2) is 0 Å². The summed E-state index contributed by atoms with van der Waals surface area (Å²) in [7, 11) is 0. The van der Waals surface area contributed by atoms with E-state index in [0.717, 1.165) is 25.8 Å². The van der Waals surface area contributed by atoms with Crippen LogP contribution < -0.4 is 11.1 Å². The van der Waals surface area contributed by atoms with Gasteiger partial charge in [0.1, 0.15) is 0 Å². The molecule has 0 aliphatic heterocycles. The van der Waals surface area contributed by atoms with Gasteiger partial charge in [-0.25, -0.2) is 0 Å². The third kappa shape index (κ3) is 4.79. The van der Waals surface area contributed by atoms with Crippen LogP contribution in [0.3, 0.4) is 0 Å². The Labute approximate surface area is 68.3 Å². The van der Waals surface area contributed by atoms with Gasteiger partial charge in [-0.2, -0.15) is 0 Å². The number of hydrogen-bond acceptors (Lipinski definition) is 2. The molecule has 3 heteroatoms. The minimum atomic E-state index is -0.313. The molecule has 0 heterocycles. The fourth-order valence-electron chi connectivity index (χ4n) is 0.821. The molecule has 0 aromatic carbocycles. The largest absolute Gasteiger partial charge is 0.355 e. The molecule has 0 unspecified atom stereocenters. The number of nitrogens with one attached hydrogen (secondary N) is 1. The van der Waals surface area contributed by atoms with Gasteiger partial charge in [-0.05, 0) is 12.8 Å². The van der Waals surface area contributed by atoms with Crippen LogP contribution in [0, 0.1) is 0 Å². The average molecular weight is 158 g/mol. The maximum absolute atomic E-state index is 11.1. The van der Waals surface area contributed by atoms with E-state index in [9.17, 15) is 4.79 Å². The van der Waals surface area contributed by atoms with E-state index in [4.69, 9.17) is 5.73 Å². The summed E-state index contributed by atoms with van der Waals surface area (Å²) in [4.78, 5) is 11.1. The summed E-state index contributed by atoms with van der Waals surface area (Å²) >= 11 is 0. The SMILES string of the molecule is CCCNC(=O)[C@@H](N)CCC. The molecule has 0 spiro atoms. The van der Waals surface area contributed by atoms with Crippen molar-refractivity contribution in [3.8, 4) is 0 Å². The minimum Gasteiger partial charge on any atom is -0.355 e. The normalized spacial score (nSPS) is 12.6. The molecule has 0 fully saturated rings. The Morgan fingerprint density at radius 3 is 2.55 bits per heavy atom. The Morgan fingerprint density at radius 1 is 1.45 bits per heavy atom. The number of carbonyl (C=O) groups is 1. The standard InChI is InChI=1S/C8H18N2O/c1-3-5-7(9)8(11)10-6-4-2/h7H,3-6,9H2,1-2H3,(H,10,11)/t7-/m0/s1. The van der Waals surface area contributed by atoms with E-state index in [2.05, 4.69) is 5.32 Å². The molecule has 1 amide bonds. The minimum absolute atomic E-state index is 0.0197. The summed E-state index contributed by atoms with van der Waals surface area (Å²) in [6, 6.07) is -0.313. The van der Waals surface area contributed by atoms with Crippen molar-refractivity contribution in [1.29, 1.82) is 0 Å². The molecule has 0 bridgehead atoms. The van der Waals surface area contributed by atoms with Crippen molar-refractivity contribution in [2.24, 2.45) is 5.73 Å². The van der Waals surface area contributed by atoms with Crippen molar-refractivity contribution >= 4 is 5.91 Å². The van der Waals surface area contributed by atoms with Gasteiger partial charge in [-0.3, -0.25) is 4.79 Å². The van der Waals surface area contributed by atoms with E-state index in [1.54, 1.807) is 0 Å². The maximum atomic E-state index is 11.1. The van der Waals surface area contributed by atoms with Gasteiger partial charge < -0.3 is 11.1 Å². The predicted octanol–water partition coefficient (Wildman–Crippen LogP) is 0.640. The van der Waals surface area contributed by atoms with E-state index in [1.165, 1.54) is 0 Å². The molecule has 3 nitrogen and oxygen atoms in total. The van der Waals surface area contributed by atoms with Crippen LogP contribution in [-0.2, 0) is 4.79 Å². The van der Waals surface area contributed by atoms with E-state index >= 15 is 0 Å². The molecule has 1 atom stereocenters. The zero-order valence-electron chi connectivity index (χ0n) is 7.39. The second kappa shape index (κ2) is 6.16. The number of carbonyl (C=O) groups excluding carboxylic acids is 1. The molecule has 0 saturated carbocycles. The molecular weight excluding hydrogens is 140 g/mol. The van der Waals surface area contributed by atoms with Gasteiger partial charge >= 0.3 is 0 Å². The summed E-state index contributed by atoms with van der Waals surface area (Å²) in [5.74, 6) is -0.0197. The van der Waals surface area contributed by atoms with Gasteiger partial charge in [0.2, 0.25) is 5.91 Å². The number of amides is 1. The smallest absolute Gasteiger partial charge is 0.236 e.